The van der Waals surface area contributed by atoms with Gasteiger partial charge in [-0.3, -0.25) is 0 Å². The topological polar surface area (TPSA) is 20.2 Å². The van der Waals surface area contributed by atoms with Crippen LogP contribution < -0.4 is 0 Å². The van der Waals surface area contributed by atoms with E-state index in [9.17, 15) is 0 Å². The van der Waals surface area contributed by atoms with Crippen molar-refractivity contribution in [2.45, 2.75) is 53.4 Å². The van der Waals surface area contributed by atoms with Gasteiger partial charge in [0.2, 0.25) is 0 Å². The Hall–Kier alpha value is -0.820. The zero-order valence-corrected chi connectivity index (χ0v) is 11.7. The van der Waals surface area contributed by atoms with Crippen molar-refractivity contribution in [2.75, 3.05) is 6.61 Å². The summed E-state index contributed by atoms with van der Waals surface area (Å²) < 4.78 is 0. The summed E-state index contributed by atoms with van der Waals surface area (Å²) >= 11 is 0. The third-order valence-corrected chi connectivity index (χ3v) is 3.77. The van der Waals surface area contributed by atoms with E-state index in [-0.39, 0.29) is 6.61 Å². The van der Waals surface area contributed by atoms with Gasteiger partial charge in [-0.05, 0) is 43.6 Å². The Morgan fingerprint density at radius 1 is 1.41 bits per heavy atom. The van der Waals surface area contributed by atoms with Gasteiger partial charge in [0.15, 0.2) is 0 Å². The third kappa shape index (κ3) is 3.85. The van der Waals surface area contributed by atoms with Gasteiger partial charge in [-0.2, -0.15) is 0 Å². The molecule has 0 amide bonds. The number of aliphatic hydroxyl groups excluding tert-OH is 1. The smallest absolute Gasteiger partial charge is 0.0618 e. The van der Waals surface area contributed by atoms with Crippen LogP contribution in [0.4, 0.5) is 0 Å². The minimum Gasteiger partial charge on any atom is -0.392 e. The zero-order valence-electron chi connectivity index (χ0n) is 11.7. The van der Waals surface area contributed by atoms with Crippen molar-refractivity contribution < 1.29 is 5.11 Å². The average molecular weight is 234 g/mol. The molecule has 0 saturated heterocycles. The Morgan fingerprint density at radius 2 is 2.12 bits per heavy atom. The van der Waals surface area contributed by atoms with Crippen LogP contribution in [-0.4, -0.2) is 11.7 Å². The molecule has 17 heavy (non-hydrogen) atoms. The van der Waals surface area contributed by atoms with Crippen molar-refractivity contribution in [1.29, 1.82) is 0 Å². The lowest BCUT2D eigenvalue weighted by molar-refractivity contribution is 0.342. The molecular formula is C16H26O. The zero-order chi connectivity index (χ0) is 12.9. The minimum atomic E-state index is 0.134. The first kappa shape index (κ1) is 14.2. The molecule has 0 bridgehead atoms. The predicted octanol–water partition coefficient (Wildman–Crippen LogP) is 4.40. The van der Waals surface area contributed by atoms with Crippen molar-refractivity contribution >= 4 is 0 Å². The first-order chi connectivity index (χ1) is 8.01. The lowest BCUT2D eigenvalue weighted by atomic mass is 9.72. The van der Waals surface area contributed by atoms with Gasteiger partial charge in [-0.15, -0.1) is 0 Å². The Labute approximate surface area is 106 Å². The second kappa shape index (κ2) is 6.20. The highest BCUT2D eigenvalue weighted by Crippen LogP contribution is 2.40. The molecule has 1 aliphatic rings. The van der Waals surface area contributed by atoms with Crippen LogP contribution in [0.25, 0.3) is 0 Å². The highest BCUT2D eigenvalue weighted by atomic mass is 16.2. The van der Waals surface area contributed by atoms with E-state index in [1.54, 1.807) is 0 Å². The van der Waals surface area contributed by atoms with Crippen LogP contribution in [0.5, 0.6) is 0 Å². The maximum absolute atomic E-state index is 8.94. The lowest BCUT2D eigenvalue weighted by Gasteiger charge is -2.33. The molecule has 1 heteroatoms. The van der Waals surface area contributed by atoms with Crippen molar-refractivity contribution in [2.24, 2.45) is 5.41 Å². The van der Waals surface area contributed by atoms with Crippen LogP contribution in [0.2, 0.25) is 0 Å². The molecule has 1 N–H and O–H groups in total. The largest absolute Gasteiger partial charge is 0.392 e. The molecule has 0 unspecified atom stereocenters. The number of rotatable bonds is 4. The molecule has 0 radical (unpaired) electrons. The van der Waals surface area contributed by atoms with E-state index in [1.807, 2.05) is 6.08 Å². The molecule has 1 aliphatic carbocycles. The average Bonchev–Trinajstić information content (AvgIpc) is 2.26. The van der Waals surface area contributed by atoms with Crippen LogP contribution in [0.3, 0.4) is 0 Å². The summed E-state index contributed by atoms with van der Waals surface area (Å²) in [5.41, 5.74) is 4.53. The second-order valence-electron chi connectivity index (χ2n) is 5.58. The highest BCUT2D eigenvalue weighted by molar-refractivity contribution is 5.36. The standard InChI is InChI=1S/C16H26O/c1-5-14(10-12-17)8-9-15-13(2)7-6-11-16(15,3)4/h8-10,17H,5-7,11-12H2,1-4H3/b9-8+,14-10-. The molecule has 0 atom stereocenters. The van der Waals surface area contributed by atoms with E-state index < -0.39 is 0 Å². The first-order valence-corrected chi connectivity index (χ1v) is 6.69. The molecule has 96 valence electrons. The molecule has 0 saturated carbocycles. The minimum absolute atomic E-state index is 0.134. The summed E-state index contributed by atoms with van der Waals surface area (Å²) in [4.78, 5) is 0. The van der Waals surface area contributed by atoms with E-state index in [0.717, 1.165) is 6.42 Å². The van der Waals surface area contributed by atoms with E-state index >= 15 is 0 Å². The van der Waals surface area contributed by atoms with Crippen molar-refractivity contribution in [3.05, 3.63) is 34.9 Å². The van der Waals surface area contributed by atoms with Crippen molar-refractivity contribution in [3.63, 3.8) is 0 Å². The van der Waals surface area contributed by atoms with Gasteiger partial charge in [0, 0.05) is 0 Å². The summed E-state index contributed by atoms with van der Waals surface area (Å²) in [6, 6.07) is 0. The maximum Gasteiger partial charge on any atom is 0.0618 e. The van der Waals surface area contributed by atoms with Crippen LogP contribution in [0.1, 0.15) is 53.4 Å². The monoisotopic (exact) mass is 234 g/mol. The maximum atomic E-state index is 8.94. The van der Waals surface area contributed by atoms with Crippen LogP contribution in [0, 0.1) is 5.41 Å². The Bertz CT molecular complexity index is 343. The van der Waals surface area contributed by atoms with Crippen LogP contribution in [0.15, 0.2) is 34.9 Å². The van der Waals surface area contributed by atoms with E-state index in [1.165, 1.54) is 36.0 Å². The quantitative estimate of drug-likeness (QED) is 0.715. The number of hydrogen-bond donors (Lipinski definition) is 1. The summed E-state index contributed by atoms with van der Waals surface area (Å²) in [5.74, 6) is 0. The van der Waals surface area contributed by atoms with Gasteiger partial charge in [0.25, 0.3) is 0 Å². The molecule has 0 fully saturated rings. The van der Waals surface area contributed by atoms with Gasteiger partial charge in [0.05, 0.1) is 6.61 Å². The van der Waals surface area contributed by atoms with E-state index in [2.05, 4.69) is 39.8 Å². The van der Waals surface area contributed by atoms with E-state index in [0.29, 0.717) is 5.41 Å². The molecule has 0 heterocycles. The third-order valence-electron chi connectivity index (χ3n) is 3.77. The first-order valence-electron chi connectivity index (χ1n) is 6.69. The SMILES string of the molecule is CCC(=C/CO)/C=C/C1=C(C)CCCC1(C)C. The second-order valence-corrected chi connectivity index (χ2v) is 5.58. The Morgan fingerprint density at radius 3 is 2.65 bits per heavy atom. The van der Waals surface area contributed by atoms with Crippen molar-refractivity contribution in [3.8, 4) is 0 Å². The highest BCUT2D eigenvalue weighted by Gasteiger charge is 2.26. The summed E-state index contributed by atoms with van der Waals surface area (Å²) in [6.45, 7) is 9.17. The van der Waals surface area contributed by atoms with Gasteiger partial charge in [-0.1, -0.05) is 50.1 Å². The lowest BCUT2D eigenvalue weighted by Crippen LogP contribution is -2.19. The summed E-state index contributed by atoms with van der Waals surface area (Å²) in [6.07, 6.45) is 11.1. The molecular weight excluding hydrogens is 208 g/mol. The fraction of sp³-hybridized carbons (Fsp3) is 0.625. The number of allylic oxidation sites excluding steroid dienone is 5. The Balaban J connectivity index is 2.92. The molecule has 0 aromatic heterocycles. The fourth-order valence-corrected chi connectivity index (χ4v) is 2.65. The van der Waals surface area contributed by atoms with Crippen molar-refractivity contribution in [1.82, 2.24) is 0 Å². The van der Waals surface area contributed by atoms with Crippen LogP contribution >= 0.6 is 0 Å². The molecule has 0 aromatic rings. The Kier molecular flexibility index (Phi) is 5.20. The molecule has 0 aromatic carbocycles. The summed E-state index contributed by atoms with van der Waals surface area (Å²) in [5, 5.41) is 8.94. The molecule has 0 aliphatic heterocycles. The predicted molar refractivity (Wildman–Crippen MR) is 74.9 cm³/mol. The summed E-state index contributed by atoms with van der Waals surface area (Å²) in [7, 11) is 0. The van der Waals surface area contributed by atoms with Crippen LogP contribution in [-0.2, 0) is 0 Å². The van der Waals surface area contributed by atoms with Gasteiger partial charge in [-0.25, -0.2) is 0 Å². The van der Waals surface area contributed by atoms with E-state index in [4.69, 9.17) is 5.11 Å². The normalized spacial score (nSPS) is 21.4. The molecule has 0 spiro atoms. The fourth-order valence-electron chi connectivity index (χ4n) is 2.65. The van der Waals surface area contributed by atoms with Gasteiger partial charge in [0.1, 0.15) is 0 Å². The van der Waals surface area contributed by atoms with Gasteiger partial charge < -0.3 is 5.11 Å². The number of aliphatic hydroxyl groups is 1. The molecule has 1 rings (SSSR count). The van der Waals surface area contributed by atoms with Gasteiger partial charge >= 0.3 is 0 Å². The molecule has 1 nitrogen and oxygen atoms in total. The number of hydrogen-bond acceptors (Lipinski definition) is 1.